The molecule has 1 heterocycles. The maximum atomic E-state index is 12.2. The summed E-state index contributed by atoms with van der Waals surface area (Å²) >= 11 is 0. The van der Waals surface area contributed by atoms with E-state index in [1.807, 2.05) is 0 Å². The van der Waals surface area contributed by atoms with Crippen molar-refractivity contribution in [2.75, 3.05) is 19.6 Å². The van der Waals surface area contributed by atoms with Crippen LogP contribution in [0.2, 0.25) is 0 Å². The zero-order valence-corrected chi connectivity index (χ0v) is 11.1. The van der Waals surface area contributed by atoms with Crippen LogP contribution < -0.4 is 10.6 Å². The molecule has 94 valence electrons. The van der Waals surface area contributed by atoms with Gasteiger partial charge < -0.3 is 10.6 Å². The normalized spacial score (nSPS) is 25.4. The summed E-state index contributed by atoms with van der Waals surface area (Å²) in [6.45, 7) is 11.3. The second-order valence-electron chi connectivity index (χ2n) is 5.68. The highest BCUT2D eigenvalue weighted by Crippen LogP contribution is 2.34. The number of hydrogen-bond acceptors (Lipinski definition) is 2. The number of nitrogens with one attached hydrogen (secondary N) is 2. The molecule has 0 saturated carbocycles. The van der Waals surface area contributed by atoms with E-state index in [9.17, 15) is 4.79 Å². The number of amides is 1. The van der Waals surface area contributed by atoms with Crippen molar-refractivity contribution >= 4 is 5.91 Å². The minimum absolute atomic E-state index is 0.170. The Labute approximate surface area is 99.4 Å². The van der Waals surface area contributed by atoms with E-state index in [0.717, 1.165) is 32.5 Å². The number of carbonyl (C=O) groups excluding carboxylic acids is 1. The molecule has 1 saturated heterocycles. The van der Waals surface area contributed by atoms with Gasteiger partial charge >= 0.3 is 0 Å². The minimum Gasteiger partial charge on any atom is -0.356 e. The highest BCUT2D eigenvalue weighted by atomic mass is 16.2. The minimum atomic E-state index is -0.170. The smallest absolute Gasteiger partial charge is 0.227 e. The molecule has 0 spiro atoms. The molecule has 0 radical (unpaired) electrons. The standard InChI is InChI=1S/C13H26N2O/c1-10(2)5-7-15-12(16)13(11(3)4)6-8-14-9-13/h10-11,14H,5-9H2,1-4H3,(H,15,16). The Morgan fingerprint density at radius 1 is 1.38 bits per heavy atom. The van der Waals surface area contributed by atoms with E-state index in [1.165, 1.54) is 0 Å². The average molecular weight is 226 g/mol. The fourth-order valence-electron chi connectivity index (χ4n) is 2.31. The number of rotatable bonds is 5. The van der Waals surface area contributed by atoms with Crippen LogP contribution in [-0.2, 0) is 4.79 Å². The van der Waals surface area contributed by atoms with Gasteiger partial charge in [0.25, 0.3) is 0 Å². The third-order valence-corrected chi connectivity index (χ3v) is 3.75. The van der Waals surface area contributed by atoms with Gasteiger partial charge in [0.2, 0.25) is 5.91 Å². The molecule has 1 aliphatic heterocycles. The van der Waals surface area contributed by atoms with Crippen LogP contribution in [0, 0.1) is 17.3 Å². The van der Waals surface area contributed by atoms with Crippen molar-refractivity contribution in [1.29, 1.82) is 0 Å². The van der Waals surface area contributed by atoms with Gasteiger partial charge in [0, 0.05) is 13.1 Å². The van der Waals surface area contributed by atoms with Gasteiger partial charge in [0.1, 0.15) is 0 Å². The maximum absolute atomic E-state index is 12.2. The molecule has 0 aliphatic carbocycles. The summed E-state index contributed by atoms with van der Waals surface area (Å²) in [4.78, 5) is 12.2. The first-order valence-electron chi connectivity index (χ1n) is 6.48. The molecule has 1 atom stereocenters. The van der Waals surface area contributed by atoms with Crippen molar-refractivity contribution in [3.63, 3.8) is 0 Å². The summed E-state index contributed by atoms with van der Waals surface area (Å²) in [7, 11) is 0. The predicted octanol–water partition coefficient (Wildman–Crippen LogP) is 1.78. The van der Waals surface area contributed by atoms with Gasteiger partial charge in [-0.05, 0) is 31.2 Å². The molecule has 3 heteroatoms. The molecule has 1 unspecified atom stereocenters. The maximum Gasteiger partial charge on any atom is 0.227 e. The van der Waals surface area contributed by atoms with E-state index in [0.29, 0.717) is 11.8 Å². The second-order valence-corrected chi connectivity index (χ2v) is 5.68. The molecule has 0 bridgehead atoms. The van der Waals surface area contributed by atoms with Gasteiger partial charge in [-0.25, -0.2) is 0 Å². The van der Waals surface area contributed by atoms with Crippen LogP contribution in [0.3, 0.4) is 0 Å². The van der Waals surface area contributed by atoms with Gasteiger partial charge in [0.15, 0.2) is 0 Å². The zero-order chi connectivity index (χ0) is 12.2. The van der Waals surface area contributed by atoms with Crippen LogP contribution in [0.4, 0.5) is 0 Å². The van der Waals surface area contributed by atoms with Gasteiger partial charge in [-0.3, -0.25) is 4.79 Å². The molecule has 3 nitrogen and oxygen atoms in total. The summed E-state index contributed by atoms with van der Waals surface area (Å²) in [6.07, 6.45) is 2.03. The lowest BCUT2D eigenvalue weighted by Crippen LogP contribution is -2.46. The fraction of sp³-hybridized carbons (Fsp3) is 0.923. The number of hydrogen-bond donors (Lipinski definition) is 2. The predicted molar refractivity (Wildman–Crippen MR) is 67.2 cm³/mol. The first-order valence-corrected chi connectivity index (χ1v) is 6.48. The third-order valence-electron chi connectivity index (χ3n) is 3.75. The lowest BCUT2D eigenvalue weighted by atomic mass is 9.75. The SMILES string of the molecule is CC(C)CCNC(=O)C1(C(C)C)CCNC1. The first-order chi connectivity index (χ1) is 7.49. The molecule has 1 amide bonds. The number of carbonyl (C=O) groups is 1. The average Bonchev–Trinajstić information content (AvgIpc) is 2.66. The van der Waals surface area contributed by atoms with Crippen molar-refractivity contribution in [1.82, 2.24) is 10.6 Å². The molecular formula is C13H26N2O. The van der Waals surface area contributed by atoms with Crippen LogP contribution in [0.15, 0.2) is 0 Å². The summed E-state index contributed by atoms with van der Waals surface area (Å²) in [5.74, 6) is 1.30. The Kier molecular flexibility index (Phi) is 4.78. The molecule has 1 fully saturated rings. The molecular weight excluding hydrogens is 200 g/mol. The molecule has 0 aromatic heterocycles. The molecule has 0 aromatic carbocycles. The highest BCUT2D eigenvalue weighted by molar-refractivity contribution is 5.83. The highest BCUT2D eigenvalue weighted by Gasteiger charge is 2.43. The van der Waals surface area contributed by atoms with E-state index < -0.39 is 0 Å². The molecule has 0 aromatic rings. The van der Waals surface area contributed by atoms with Crippen LogP contribution in [0.1, 0.15) is 40.5 Å². The molecule has 16 heavy (non-hydrogen) atoms. The van der Waals surface area contributed by atoms with E-state index >= 15 is 0 Å². The largest absolute Gasteiger partial charge is 0.356 e. The van der Waals surface area contributed by atoms with Crippen molar-refractivity contribution in [2.45, 2.75) is 40.5 Å². The van der Waals surface area contributed by atoms with E-state index in [1.54, 1.807) is 0 Å². The van der Waals surface area contributed by atoms with Crippen molar-refractivity contribution in [2.24, 2.45) is 17.3 Å². The molecule has 1 aliphatic rings. The lowest BCUT2D eigenvalue weighted by Gasteiger charge is -2.31. The Bertz CT molecular complexity index is 230. The van der Waals surface area contributed by atoms with Crippen molar-refractivity contribution in [3.05, 3.63) is 0 Å². The Balaban J connectivity index is 2.49. The fourth-order valence-corrected chi connectivity index (χ4v) is 2.31. The van der Waals surface area contributed by atoms with Crippen molar-refractivity contribution < 1.29 is 4.79 Å². The summed E-state index contributed by atoms with van der Waals surface area (Å²) in [5.41, 5.74) is -0.170. The first kappa shape index (κ1) is 13.5. The topological polar surface area (TPSA) is 41.1 Å². The van der Waals surface area contributed by atoms with Gasteiger partial charge in [-0.15, -0.1) is 0 Å². The Hall–Kier alpha value is -0.570. The van der Waals surface area contributed by atoms with Gasteiger partial charge in [0.05, 0.1) is 5.41 Å². The van der Waals surface area contributed by atoms with Crippen LogP contribution >= 0.6 is 0 Å². The van der Waals surface area contributed by atoms with E-state index in [-0.39, 0.29) is 11.3 Å². The second kappa shape index (κ2) is 5.67. The van der Waals surface area contributed by atoms with E-state index in [2.05, 4.69) is 38.3 Å². The van der Waals surface area contributed by atoms with Gasteiger partial charge in [-0.1, -0.05) is 27.7 Å². The summed E-state index contributed by atoms with van der Waals surface area (Å²) in [5, 5.41) is 6.41. The van der Waals surface area contributed by atoms with Crippen LogP contribution in [0.5, 0.6) is 0 Å². The molecule has 1 rings (SSSR count). The van der Waals surface area contributed by atoms with E-state index in [4.69, 9.17) is 0 Å². The van der Waals surface area contributed by atoms with Crippen molar-refractivity contribution in [3.8, 4) is 0 Å². The Morgan fingerprint density at radius 2 is 2.06 bits per heavy atom. The van der Waals surface area contributed by atoms with Crippen LogP contribution in [-0.4, -0.2) is 25.5 Å². The van der Waals surface area contributed by atoms with Crippen LogP contribution in [0.25, 0.3) is 0 Å². The summed E-state index contributed by atoms with van der Waals surface area (Å²) in [6, 6.07) is 0. The molecule has 2 N–H and O–H groups in total. The third kappa shape index (κ3) is 2.97. The Morgan fingerprint density at radius 3 is 2.50 bits per heavy atom. The quantitative estimate of drug-likeness (QED) is 0.750. The van der Waals surface area contributed by atoms with Gasteiger partial charge in [-0.2, -0.15) is 0 Å². The zero-order valence-electron chi connectivity index (χ0n) is 11.1. The lowest BCUT2D eigenvalue weighted by molar-refractivity contribution is -0.132. The monoisotopic (exact) mass is 226 g/mol. The summed E-state index contributed by atoms with van der Waals surface area (Å²) < 4.78 is 0.